The number of carbonyl (C=O) groups is 3. The first-order valence-electron chi connectivity index (χ1n) is 10.5. The molecule has 2 aliphatic rings. The molecular formula is C24H26N3O5+. The average Bonchev–Trinajstić information content (AvgIpc) is 3.09. The van der Waals surface area contributed by atoms with Gasteiger partial charge in [-0.15, -0.1) is 0 Å². The van der Waals surface area contributed by atoms with Crippen molar-refractivity contribution in [1.29, 1.82) is 0 Å². The van der Waals surface area contributed by atoms with E-state index in [-0.39, 0.29) is 23.6 Å². The van der Waals surface area contributed by atoms with Gasteiger partial charge in [-0.05, 0) is 30.5 Å². The van der Waals surface area contributed by atoms with Crippen LogP contribution >= 0.6 is 0 Å². The first-order chi connectivity index (χ1) is 15.2. The Kier molecular flexibility index (Phi) is 5.56. The minimum absolute atomic E-state index is 0.00826. The smallest absolute Gasteiger partial charge is 0.352 e. The molecule has 0 saturated carbocycles. The van der Waals surface area contributed by atoms with Crippen LogP contribution in [-0.2, 0) is 16.1 Å². The molecule has 1 fully saturated rings. The first kappa shape index (κ1) is 21.7. The quantitative estimate of drug-likeness (QED) is 0.522. The third-order valence-corrected chi connectivity index (χ3v) is 6.11. The molecule has 0 bridgehead atoms. The highest BCUT2D eigenvalue weighted by molar-refractivity contribution is 6.06. The lowest BCUT2D eigenvalue weighted by molar-refractivity contribution is -0.688. The number of β-lactam (4-membered cyclic amide) rings is 1. The molecule has 2 aliphatic heterocycles. The van der Waals surface area contributed by atoms with Crippen molar-refractivity contribution in [1.82, 2.24) is 9.80 Å². The number of pyridine rings is 1. The standard InChI is InChI=1S/C24H25N3O5/c1-14(28)20-19-11-18(21(24(31)32)27(19)23(20)30)16-8-6-15(7-9-16)12-26-10-4-5-17(13-26)22(29)25(2)3/h4-10,13-14,19-20,28H,11-12H2,1-3H3/p+1/t14-,19-,20-/m1/s1. The zero-order chi connectivity index (χ0) is 23.2. The lowest BCUT2D eigenvalue weighted by Gasteiger charge is -2.44. The highest BCUT2D eigenvalue weighted by atomic mass is 16.4. The largest absolute Gasteiger partial charge is 0.477 e. The number of benzene rings is 1. The molecular weight excluding hydrogens is 410 g/mol. The number of hydrogen-bond acceptors (Lipinski definition) is 4. The number of hydrogen-bond donors (Lipinski definition) is 2. The van der Waals surface area contributed by atoms with Crippen LogP contribution in [0.3, 0.4) is 0 Å². The Morgan fingerprint density at radius 2 is 1.91 bits per heavy atom. The molecule has 1 saturated heterocycles. The second-order valence-corrected chi connectivity index (χ2v) is 8.54. The van der Waals surface area contributed by atoms with E-state index < -0.39 is 18.0 Å². The summed E-state index contributed by atoms with van der Waals surface area (Å²) in [5.74, 6) is -2.10. The molecule has 4 rings (SSSR count). The molecule has 2 aromatic rings. The minimum atomic E-state index is -1.14. The summed E-state index contributed by atoms with van der Waals surface area (Å²) in [5, 5.41) is 19.6. The number of carboxylic acids is 1. The number of aliphatic hydroxyl groups excluding tert-OH is 1. The van der Waals surface area contributed by atoms with E-state index in [0.717, 1.165) is 11.1 Å². The molecule has 2 amide bonds. The van der Waals surface area contributed by atoms with E-state index in [1.54, 1.807) is 33.3 Å². The van der Waals surface area contributed by atoms with E-state index in [0.29, 0.717) is 24.1 Å². The van der Waals surface area contributed by atoms with Crippen molar-refractivity contribution in [3.8, 4) is 0 Å². The van der Waals surface area contributed by atoms with Gasteiger partial charge in [0.2, 0.25) is 5.91 Å². The zero-order valence-corrected chi connectivity index (χ0v) is 18.2. The van der Waals surface area contributed by atoms with Crippen molar-refractivity contribution in [2.75, 3.05) is 14.1 Å². The molecule has 0 radical (unpaired) electrons. The van der Waals surface area contributed by atoms with E-state index in [2.05, 4.69) is 0 Å². The van der Waals surface area contributed by atoms with Crippen molar-refractivity contribution in [2.45, 2.75) is 32.0 Å². The summed E-state index contributed by atoms with van der Waals surface area (Å²) in [5.41, 5.74) is 2.95. The van der Waals surface area contributed by atoms with Crippen molar-refractivity contribution in [2.24, 2.45) is 5.92 Å². The third kappa shape index (κ3) is 3.67. The molecule has 0 aliphatic carbocycles. The van der Waals surface area contributed by atoms with Gasteiger partial charge in [0.25, 0.3) is 5.91 Å². The fraction of sp³-hybridized carbons (Fsp3) is 0.333. The highest BCUT2D eigenvalue weighted by Gasteiger charge is 2.56. The van der Waals surface area contributed by atoms with E-state index in [1.165, 1.54) is 9.80 Å². The SMILES string of the molecule is C[C@@H](O)[C@H]1C(=O)N2C(C(=O)O)=C(c3ccc(C[n+]4cccc(C(=O)N(C)C)c4)cc3)C[C@H]12. The van der Waals surface area contributed by atoms with Gasteiger partial charge in [-0.3, -0.25) is 9.59 Å². The maximum Gasteiger partial charge on any atom is 0.352 e. The Bertz CT molecular complexity index is 1120. The van der Waals surface area contributed by atoms with Crippen LogP contribution in [0.25, 0.3) is 5.57 Å². The summed E-state index contributed by atoms with van der Waals surface area (Å²) in [4.78, 5) is 39.3. The summed E-state index contributed by atoms with van der Waals surface area (Å²) in [6.45, 7) is 2.11. The van der Waals surface area contributed by atoms with Crippen LogP contribution in [0.5, 0.6) is 0 Å². The molecule has 3 atom stereocenters. The number of rotatable bonds is 6. The number of carbonyl (C=O) groups excluding carboxylic acids is 2. The maximum atomic E-state index is 12.4. The van der Waals surface area contributed by atoms with E-state index >= 15 is 0 Å². The second kappa shape index (κ2) is 8.20. The molecule has 0 spiro atoms. The van der Waals surface area contributed by atoms with Crippen LogP contribution in [0.1, 0.15) is 34.8 Å². The van der Waals surface area contributed by atoms with Crippen molar-refractivity contribution < 1.29 is 29.2 Å². The zero-order valence-electron chi connectivity index (χ0n) is 18.2. The Morgan fingerprint density at radius 3 is 2.50 bits per heavy atom. The fourth-order valence-electron chi connectivity index (χ4n) is 4.55. The summed E-state index contributed by atoms with van der Waals surface area (Å²) < 4.78 is 1.92. The van der Waals surface area contributed by atoms with Crippen molar-refractivity contribution in [3.63, 3.8) is 0 Å². The number of carboxylic acid groups (broad SMARTS) is 1. The molecule has 8 nitrogen and oxygen atoms in total. The monoisotopic (exact) mass is 436 g/mol. The average molecular weight is 436 g/mol. The molecule has 8 heteroatoms. The number of nitrogens with zero attached hydrogens (tertiary/aromatic N) is 3. The van der Waals surface area contributed by atoms with Gasteiger partial charge in [0.1, 0.15) is 11.3 Å². The van der Waals surface area contributed by atoms with Gasteiger partial charge in [0.15, 0.2) is 18.9 Å². The summed E-state index contributed by atoms with van der Waals surface area (Å²) in [6, 6.07) is 10.8. The predicted molar refractivity (Wildman–Crippen MR) is 115 cm³/mol. The van der Waals surface area contributed by atoms with E-state index in [4.69, 9.17) is 0 Å². The molecule has 0 unspecified atom stereocenters. The fourth-order valence-corrected chi connectivity index (χ4v) is 4.55. The van der Waals surface area contributed by atoms with Gasteiger partial charge in [0.05, 0.1) is 18.1 Å². The Hall–Kier alpha value is -3.52. The normalized spacial score (nSPS) is 20.6. The van der Waals surface area contributed by atoms with Gasteiger partial charge in [-0.1, -0.05) is 24.3 Å². The predicted octanol–water partition coefficient (Wildman–Crippen LogP) is 1.13. The van der Waals surface area contributed by atoms with Gasteiger partial charge in [0, 0.05) is 25.7 Å². The van der Waals surface area contributed by atoms with Crippen LogP contribution in [0, 0.1) is 5.92 Å². The molecule has 1 aromatic heterocycles. The Morgan fingerprint density at radius 1 is 1.22 bits per heavy atom. The molecule has 2 N–H and O–H groups in total. The summed E-state index contributed by atoms with van der Waals surface area (Å²) in [6.07, 6.45) is 3.28. The maximum absolute atomic E-state index is 12.4. The Labute approximate surface area is 186 Å². The first-order valence-corrected chi connectivity index (χ1v) is 10.5. The molecule has 166 valence electrons. The number of aromatic nitrogens is 1. The summed E-state index contributed by atoms with van der Waals surface area (Å²) in [7, 11) is 3.42. The lowest BCUT2D eigenvalue weighted by atomic mass is 9.82. The minimum Gasteiger partial charge on any atom is -0.477 e. The van der Waals surface area contributed by atoms with Crippen LogP contribution in [0.2, 0.25) is 0 Å². The van der Waals surface area contributed by atoms with Crippen LogP contribution in [0.15, 0.2) is 54.5 Å². The lowest BCUT2D eigenvalue weighted by Crippen LogP contribution is -2.61. The van der Waals surface area contributed by atoms with Gasteiger partial charge in [-0.2, -0.15) is 4.57 Å². The Balaban J connectivity index is 1.56. The highest BCUT2D eigenvalue weighted by Crippen LogP contribution is 2.46. The number of fused-ring (bicyclic) bond motifs is 1. The van der Waals surface area contributed by atoms with Gasteiger partial charge >= 0.3 is 5.97 Å². The third-order valence-electron chi connectivity index (χ3n) is 6.11. The molecule has 32 heavy (non-hydrogen) atoms. The van der Waals surface area contributed by atoms with Crippen molar-refractivity contribution in [3.05, 3.63) is 71.2 Å². The van der Waals surface area contributed by atoms with E-state index in [9.17, 15) is 24.6 Å². The van der Waals surface area contributed by atoms with Gasteiger partial charge < -0.3 is 20.0 Å². The topological polar surface area (TPSA) is 102 Å². The molecule has 3 heterocycles. The van der Waals surface area contributed by atoms with Gasteiger partial charge in [-0.25, -0.2) is 4.79 Å². The number of amides is 2. The molecule has 1 aromatic carbocycles. The second-order valence-electron chi connectivity index (χ2n) is 8.54. The van der Waals surface area contributed by atoms with E-state index in [1.807, 2.05) is 41.1 Å². The van der Waals surface area contributed by atoms with Crippen LogP contribution in [0.4, 0.5) is 0 Å². The van der Waals surface area contributed by atoms with Crippen molar-refractivity contribution >= 4 is 23.4 Å². The van der Waals surface area contributed by atoms with Crippen LogP contribution in [-0.4, -0.2) is 64.0 Å². The number of aliphatic carboxylic acids is 1. The van der Waals surface area contributed by atoms with Crippen LogP contribution < -0.4 is 4.57 Å². The summed E-state index contributed by atoms with van der Waals surface area (Å²) >= 11 is 0. The number of aliphatic hydroxyl groups is 1.